The first-order chi connectivity index (χ1) is 7.77. The monoisotopic (exact) mass is 272 g/mol. The van der Waals surface area contributed by atoms with Crippen molar-refractivity contribution in [2.45, 2.75) is 32.4 Å². The van der Waals surface area contributed by atoms with E-state index in [-0.39, 0.29) is 11.1 Å². The summed E-state index contributed by atoms with van der Waals surface area (Å²) in [6, 6.07) is 5.02. The Labute approximate surface area is 111 Å². The van der Waals surface area contributed by atoms with Crippen LogP contribution in [0.1, 0.15) is 26.3 Å². The highest BCUT2D eigenvalue weighted by Gasteiger charge is 2.23. The summed E-state index contributed by atoms with van der Waals surface area (Å²) in [6.45, 7) is 5.23. The van der Waals surface area contributed by atoms with E-state index in [1.54, 1.807) is 26.0 Å². The van der Waals surface area contributed by atoms with Gasteiger partial charge in [0, 0.05) is 0 Å². The van der Waals surface area contributed by atoms with Gasteiger partial charge < -0.3 is 10.4 Å². The molecule has 0 aliphatic carbocycles. The van der Waals surface area contributed by atoms with Gasteiger partial charge in [0.2, 0.25) is 0 Å². The summed E-state index contributed by atoms with van der Waals surface area (Å²) in [6.07, 6.45) is 0. The Kier molecular flexibility index (Phi) is 4.26. The Morgan fingerprint density at radius 2 is 1.94 bits per heavy atom. The van der Waals surface area contributed by atoms with Crippen LogP contribution in [0.2, 0.25) is 10.0 Å². The van der Waals surface area contributed by atoms with E-state index in [0.717, 1.165) is 0 Å². The van der Waals surface area contributed by atoms with Crippen molar-refractivity contribution in [1.82, 2.24) is 0 Å². The molecule has 0 fully saturated rings. The second-order valence-corrected chi connectivity index (χ2v) is 5.18. The summed E-state index contributed by atoms with van der Waals surface area (Å²) in [4.78, 5) is 0. The molecule has 0 heterocycles. The van der Waals surface area contributed by atoms with Gasteiger partial charge in [-0.1, -0.05) is 23.2 Å². The van der Waals surface area contributed by atoms with E-state index in [2.05, 4.69) is 5.32 Å². The van der Waals surface area contributed by atoms with Crippen LogP contribution in [-0.2, 0) is 0 Å². The molecule has 0 bridgehead atoms. The first-order valence-corrected chi connectivity index (χ1v) is 5.90. The maximum atomic E-state index is 9.82. The Morgan fingerprint density at radius 1 is 1.35 bits per heavy atom. The van der Waals surface area contributed by atoms with Gasteiger partial charge in [-0.15, -0.1) is 0 Å². The zero-order valence-electron chi connectivity index (χ0n) is 9.88. The van der Waals surface area contributed by atoms with Gasteiger partial charge in [-0.3, -0.25) is 0 Å². The molecule has 0 aliphatic heterocycles. The highest BCUT2D eigenvalue weighted by Crippen LogP contribution is 2.33. The number of anilines is 1. The molecule has 3 nitrogen and oxygen atoms in total. The third kappa shape index (κ3) is 3.26. The molecule has 0 unspecified atom stereocenters. The standard InChI is InChI=1S/C12H14Cl2N2O/c1-7(12(2,3)17)16-9-5-4-8(6-15)10(13)11(9)14/h4-5,7,16-17H,1-3H3/t7-/m0/s1. The Bertz CT molecular complexity index is 461. The van der Waals surface area contributed by atoms with Crippen molar-refractivity contribution in [3.63, 3.8) is 0 Å². The van der Waals surface area contributed by atoms with Gasteiger partial charge in [-0.05, 0) is 32.9 Å². The van der Waals surface area contributed by atoms with Crippen LogP contribution in [0.4, 0.5) is 5.69 Å². The van der Waals surface area contributed by atoms with E-state index in [1.165, 1.54) is 0 Å². The molecule has 17 heavy (non-hydrogen) atoms. The molecular formula is C12H14Cl2N2O. The van der Waals surface area contributed by atoms with Crippen LogP contribution in [-0.4, -0.2) is 16.7 Å². The smallest absolute Gasteiger partial charge is 0.101 e. The maximum Gasteiger partial charge on any atom is 0.101 e. The van der Waals surface area contributed by atoms with Crippen LogP contribution in [0, 0.1) is 11.3 Å². The molecular weight excluding hydrogens is 259 g/mol. The molecule has 0 aliphatic rings. The predicted octanol–water partition coefficient (Wildman–Crippen LogP) is 3.44. The molecule has 0 saturated carbocycles. The number of rotatable bonds is 3. The van der Waals surface area contributed by atoms with Crippen molar-refractivity contribution in [2.24, 2.45) is 0 Å². The summed E-state index contributed by atoms with van der Waals surface area (Å²) in [5, 5.41) is 22.2. The second kappa shape index (κ2) is 5.14. The van der Waals surface area contributed by atoms with Gasteiger partial charge in [0.25, 0.3) is 0 Å². The number of aliphatic hydroxyl groups is 1. The van der Waals surface area contributed by atoms with Crippen molar-refractivity contribution < 1.29 is 5.11 Å². The summed E-state index contributed by atoms with van der Waals surface area (Å²) >= 11 is 12.0. The van der Waals surface area contributed by atoms with Crippen LogP contribution in [0.5, 0.6) is 0 Å². The quantitative estimate of drug-likeness (QED) is 0.887. The van der Waals surface area contributed by atoms with Gasteiger partial charge in [-0.25, -0.2) is 0 Å². The zero-order chi connectivity index (χ0) is 13.2. The van der Waals surface area contributed by atoms with Crippen molar-refractivity contribution in [2.75, 3.05) is 5.32 Å². The van der Waals surface area contributed by atoms with Crippen LogP contribution in [0.15, 0.2) is 12.1 Å². The molecule has 1 aromatic rings. The van der Waals surface area contributed by atoms with Crippen molar-refractivity contribution in [1.29, 1.82) is 5.26 Å². The minimum atomic E-state index is -0.885. The van der Waals surface area contributed by atoms with E-state index in [9.17, 15) is 5.11 Å². The minimum Gasteiger partial charge on any atom is -0.388 e. The van der Waals surface area contributed by atoms with Gasteiger partial charge in [0.15, 0.2) is 0 Å². The lowest BCUT2D eigenvalue weighted by atomic mass is 10.0. The summed E-state index contributed by atoms with van der Waals surface area (Å²) in [7, 11) is 0. The first-order valence-electron chi connectivity index (χ1n) is 5.14. The predicted molar refractivity (Wildman–Crippen MR) is 70.6 cm³/mol. The fraction of sp³-hybridized carbons (Fsp3) is 0.417. The highest BCUT2D eigenvalue weighted by atomic mass is 35.5. The third-order valence-corrected chi connectivity index (χ3v) is 3.52. The summed E-state index contributed by atoms with van der Waals surface area (Å²) < 4.78 is 0. The van der Waals surface area contributed by atoms with Gasteiger partial charge in [0.05, 0.1) is 32.9 Å². The fourth-order valence-corrected chi connectivity index (χ4v) is 1.58. The normalized spacial score (nSPS) is 13.0. The molecule has 0 saturated heterocycles. The van der Waals surface area contributed by atoms with Crippen molar-refractivity contribution >= 4 is 28.9 Å². The molecule has 0 aromatic heterocycles. The van der Waals surface area contributed by atoms with Crippen molar-refractivity contribution in [3.8, 4) is 6.07 Å². The molecule has 92 valence electrons. The lowest BCUT2D eigenvalue weighted by Crippen LogP contribution is -2.39. The van der Waals surface area contributed by atoms with Gasteiger partial charge in [-0.2, -0.15) is 5.26 Å². The number of nitrogens with zero attached hydrogens (tertiary/aromatic N) is 1. The van der Waals surface area contributed by atoms with E-state index in [4.69, 9.17) is 28.5 Å². The molecule has 0 radical (unpaired) electrons. The molecule has 1 atom stereocenters. The third-order valence-electron chi connectivity index (χ3n) is 2.63. The fourth-order valence-electron chi connectivity index (χ4n) is 1.16. The van der Waals surface area contributed by atoms with Gasteiger partial charge >= 0.3 is 0 Å². The number of halogens is 2. The van der Waals surface area contributed by atoms with Crippen LogP contribution in [0.3, 0.4) is 0 Å². The summed E-state index contributed by atoms with van der Waals surface area (Å²) in [5.74, 6) is 0. The molecule has 0 amide bonds. The number of nitriles is 1. The molecule has 2 N–H and O–H groups in total. The molecule has 5 heteroatoms. The number of hydrogen-bond acceptors (Lipinski definition) is 3. The van der Waals surface area contributed by atoms with E-state index < -0.39 is 5.60 Å². The van der Waals surface area contributed by atoms with Crippen LogP contribution in [0.25, 0.3) is 0 Å². The lowest BCUT2D eigenvalue weighted by molar-refractivity contribution is 0.0649. The number of benzene rings is 1. The summed E-state index contributed by atoms with van der Waals surface area (Å²) in [5.41, 5.74) is 0.0485. The Balaban J connectivity index is 3.03. The Hall–Kier alpha value is -0.950. The number of hydrogen-bond donors (Lipinski definition) is 2. The van der Waals surface area contributed by atoms with Gasteiger partial charge in [0.1, 0.15) is 6.07 Å². The molecule has 1 aromatic carbocycles. The Morgan fingerprint density at radius 3 is 2.41 bits per heavy atom. The average Bonchev–Trinajstić information content (AvgIpc) is 2.23. The highest BCUT2D eigenvalue weighted by molar-refractivity contribution is 6.44. The van der Waals surface area contributed by atoms with Crippen LogP contribution < -0.4 is 5.32 Å². The lowest BCUT2D eigenvalue weighted by Gasteiger charge is -2.28. The van der Waals surface area contributed by atoms with E-state index in [1.807, 2.05) is 13.0 Å². The first kappa shape index (κ1) is 14.1. The molecule has 1 rings (SSSR count). The van der Waals surface area contributed by atoms with E-state index in [0.29, 0.717) is 16.3 Å². The minimum absolute atomic E-state index is 0.205. The molecule has 0 spiro atoms. The van der Waals surface area contributed by atoms with Crippen LogP contribution >= 0.6 is 23.2 Å². The maximum absolute atomic E-state index is 9.82. The van der Waals surface area contributed by atoms with E-state index >= 15 is 0 Å². The topological polar surface area (TPSA) is 56.0 Å². The second-order valence-electron chi connectivity index (χ2n) is 4.42. The average molecular weight is 273 g/mol. The SMILES string of the molecule is C[C@H](Nc1ccc(C#N)c(Cl)c1Cl)C(C)(C)O. The number of nitrogens with one attached hydrogen (secondary N) is 1. The zero-order valence-corrected chi connectivity index (χ0v) is 11.4. The van der Waals surface area contributed by atoms with Crippen molar-refractivity contribution in [3.05, 3.63) is 27.7 Å². The largest absolute Gasteiger partial charge is 0.388 e.